The van der Waals surface area contributed by atoms with Gasteiger partial charge in [-0.3, -0.25) is 9.78 Å². The maximum atomic E-state index is 15.0. The fraction of sp³-hybridized carbons (Fsp3) is 0.250. The monoisotopic (exact) mass is 452 g/mol. The average molecular weight is 453 g/mol. The highest BCUT2D eigenvalue weighted by Gasteiger charge is 2.56. The van der Waals surface area contributed by atoms with E-state index >= 15 is 4.39 Å². The molecular formula is C24H22ClFN4O2. The van der Waals surface area contributed by atoms with Gasteiger partial charge in [0.15, 0.2) is 0 Å². The Morgan fingerprint density at radius 2 is 1.91 bits per heavy atom. The molecule has 8 heteroatoms. The van der Waals surface area contributed by atoms with Crippen LogP contribution in [0.5, 0.6) is 5.75 Å². The Bertz CT molecular complexity index is 1180. The number of carbonyl (C=O) groups excluding carboxylic acids is 1. The van der Waals surface area contributed by atoms with E-state index in [0.717, 1.165) is 11.1 Å². The van der Waals surface area contributed by atoms with Crippen LogP contribution < -0.4 is 10.9 Å². The Labute approximate surface area is 190 Å². The van der Waals surface area contributed by atoms with Crippen molar-refractivity contribution in [2.45, 2.75) is 31.6 Å². The van der Waals surface area contributed by atoms with E-state index in [1.54, 1.807) is 47.6 Å². The summed E-state index contributed by atoms with van der Waals surface area (Å²) in [6.45, 7) is 2.11. The van der Waals surface area contributed by atoms with E-state index in [-0.39, 0.29) is 23.4 Å². The van der Waals surface area contributed by atoms with E-state index in [9.17, 15) is 9.90 Å². The van der Waals surface area contributed by atoms with E-state index < -0.39 is 18.1 Å². The number of aromatic nitrogens is 1. The Hall–Kier alpha value is -3.00. The summed E-state index contributed by atoms with van der Waals surface area (Å²) >= 11 is 6.35. The maximum Gasteiger partial charge on any atom is 0.242 e. The number of pyridine rings is 1. The minimum absolute atomic E-state index is 0.0808. The second kappa shape index (κ2) is 8.16. The number of fused-ring (bicyclic) bond motifs is 1. The van der Waals surface area contributed by atoms with Gasteiger partial charge in [0.1, 0.15) is 17.6 Å². The van der Waals surface area contributed by atoms with Crippen LogP contribution >= 0.6 is 11.6 Å². The van der Waals surface area contributed by atoms with Crippen molar-refractivity contribution in [3.8, 4) is 5.75 Å². The number of benzene rings is 2. The largest absolute Gasteiger partial charge is 0.508 e. The van der Waals surface area contributed by atoms with Crippen LogP contribution in [0.1, 0.15) is 34.3 Å². The van der Waals surface area contributed by atoms with Crippen molar-refractivity contribution in [1.82, 2.24) is 20.7 Å². The van der Waals surface area contributed by atoms with Gasteiger partial charge >= 0.3 is 0 Å². The second-order valence-corrected chi connectivity index (χ2v) is 8.68. The Morgan fingerprint density at radius 3 is 2.66 bits per heavy atom. The molecule has 2 aromatic carbocycles. The van der Waals surface area contributed by atoms with E-state index in [2.05, 4.69) is 15.8 Å². The number of nitrogens with zero attached hydrogens (tertiary/aromatic N) is 2. The second-order valence-electron chi connectivity index (χ2n) is 8.28. The smallest absolute Gasteiger partial charge is 0.242 e. The highest BCUT2D eigenvalue weighted by molar-refractivity contribution is 6.31. The molecule has 2 aliphatic heterocycles. The average Bonchev–Trinajstić information content (AvgIpc) is 3.32. The van der Waals surface area contributed by atoms with Crippen LogP contribution in [0.2, 0.25) is 5.02 Å². The van der Waals surface area contributed by atoms with Gasteiger partial charge in [-0.25, -0.2) is 15.2 Å². The molecular weight excluding hydrogens is 431 g/mol. The number of hydrazine groups is 1. The molecule has 1 amide bonds. The third kappa shape index (κ3) is 3.43. The van der Waals surface area contributed by atoms with Crippen LogP contribution in [0.4, 0.5) is 4.39 Å². The molecule has 6 nitrogen and oxygen atoms in total. The quantitative estimate of drug-likeness (QED) is 0.561. The molecule has 4 unspecified atom stereocenters. The van der Waals surface area contributed by atoms with Crippen molar-refractivity contribution in [3.63, 3.8) is 0 Å². The van der Waals surface area contributed by atoms with Gasteiger partial charge in [-0.15, -0.1) is 0 Å². The molecule has 0 spiro atoms. The van der Waals surface area contributed by atoms with Crippen molar-refractivity contribution in [1.29, 1.82) is 0 Å². The van der Waals surface area contributed by atoms with Gasteiger partial charge in [0.25, 0.3) is 0 Å². The number of halogens is 2. The van der Waals surface area contributed by atoms with Crippen LogP contribution in [0.3, 0.4) is 0 Å². The number of phenolic OH excluding ortho intramolecular Hbond substituents is 1. The molecule has 5 rings (SSSR count). The van der Waals surface area contributed by atoms with E-state index in [1.165, 1.54) is 6.07 Å². The first-order valence-electron chi connectivity index (χ1n) is 10.4. The highest BCUT2D eigenvalue weighted by atomic mass is 35.5. The molecule has 164 valence electrons. The topological polar surface area (TPSA) is 77.5 Å². The zero-order valence-electron chi connectivity index (χ0n) is 17.3. The lowest BCUT2D eigenvalue weighted by Gasteiger charge is -2.31. The van der Waals surface area contributed by atoms with Gasteiger partial charge in [0.2, 0.25) is 5.91 Å². The van der Waals surface area contributed by atoms with Gasteiger partial charge in [0, 0.05) is 41.0 Å². The Morgan fingerprint density at radius 1 is 1.12 bits per heavy atom. The van der Waals surface area contributed by atoms with Crippen molar-refractivity contribution >= 4 is 17.5 Å². The zero-order chi connectivity index (χ0) is 22.4. The summed E-state index contributed by atoms with van der Waals surface area (Å²) < 4.78 is 15.0. The van der Waals surface area contributed by atoms with Crippen LogP contribution in [-0.4, -0.2) is 26.9 Å². The number of amides is 1. The number of hydrogen-bond acceptors (Lipinski definition) is 5. The SMILES string of the molecule is Cc1cc(O)c(C2NNC3C(=O)N(Cc4cccnc4)C(c4ccccc4F)C32)cc1Cl. The Kier molecular flexibility index (Phi) is 5.33. The van der Waals surface area contributed by atoms with Crippen LogP contribution in [0.15, 0.2) is 60.9 Å². The lowest BCUT2D eigenvalue weighted by atomic mass is 9.82. The summed E-state index contributed by atoms with van der Waals surface area (Å²) in [7, 11) is 0. The number of hydrogen-bond donors (Lipinski definition) is 3. The van der Waals surface area contributed by atoms with Crippen LogP contribution in [0, 0.1) is 18.7 Å². The number of likely N-dealkylation sites (tertiary alicyclic amines) is 1. The highest BCUT2D eigenvalue weighted by Crippen LogP contribution is 2.50. The minimum Gasteiger partial charge on any atom is -0.508 e. The molecule has 0 aliphatic carbocycles. The summed E-state index contributed by atoms with van der Waals surface area (Å²) in [6, 6.07) is 11.9. The molecule has 1 aromatic heterocycles. The third-order valence-corrected chi connectivity index (χ3v) is 6.76. The maximum absolute atomic E-state index is 15.0. The van der Waals surface area contributed by atoms with E-state index in [0.29, 0.717) is 22.7 Å². The van der Waals surface area contributed by atoms with Crippen molar-refractivity contribution in [2.75, 3.05) is 0 Å². The molecule has 2 aliphatic rings. The van der Waals surface area contributed by atoms with E-state index in [1.807, 2.05) is 19.1 Å². The first-order valence-corrected chi connectivity index (χ1v) is 10.8. The number of carbonyl (C=O) groups is 1. The lowest BCUT2D eigenvalue weighted by molar-refractivity contribution is -0.131. The van der Waals surface area contributed by atoms with Gasteiger partial charge in [-0.2, -0.15) is 0 Å². The van der Waals surface area contributed by atoms with Gasteiger partial charge in [-0.1, -0.05) is 35.9 Å². The molecule has 3 aromatic rings. The van der Waals surface area contributed by atoms with Gasteiger partial charge < -0.3 is 10.0 Å². The number of aromatic hydroxyl groups is 1. The molecule has 0 radical (unpaired) electrons. The lowest BCUT2D eigenvalue weighted by Crippen LogP contribution is -2.41. The van der Waals surface area contributed by atoms with Gasteiger partial charge in [0.05, 0.1) is 12.1 Å². The summed E-state index contributed by atoms with van der Waals surface area (Å²) in [5.41, 5.74) is 8.83. The zero-order valence-corrected chi connectivity index (χ0v) is 18.1. The molecule has 32 heavy (non-hydrogen) atoms. The van der Waals surface area contributed by atoms with Gasteiger partial charge in [-0.05, 0) is 42.3 Å². The van der Waals surface area contributed by atoms with Crippen molar-refractivity contribution in [3.05, 3.63) is 94.0 Å². The van der Waals surface area contributed by atoms with Crippen molar-refractivity contribution < 1.29 is 14.3 Å². The molecule has 0 bridgehead atoms. The molecule has 4 atom stereocenters. The number of nitrogens with one attached hydrogen (secondary N) is 2. The molecule has 2 saturated heterocycles. The first kappa shape index (κ1) is 20.9. The summed E-state index contributed by atoms with van der Waals surface area (Å²) in [5, 5.41) is 11.2. The number of phenols is 1. The summed E-state index contributed by atoms with van der Waals surface area (Å²) in [6.07, 6.45) is 3.37. The molecule has 3 N–H and O–H groups in total. The number of rotatable bonds is 4. The minimum atomic E-state index is -0.583. The van der Waals surface area contributed by atoms with Crippen molar-refractivity contribution in [2.24, 2.45) is 5.92 Å². The van der Waals surface area contributed by atoms with E-state index in [4.69, 9.17) is 11.6 Å². The number of aryl methyl sites for hydroxylation is 1. The molecule has 2 fully saturated rings. The first-order chi connectivity index (χ1) is 15.5. The fourth-order valence-electron chi connectivity index (χ4n) is 4.85. The Balaban J connectivity index is 1.61. The van der Waals surface area contributed by atoms with Crippen LogP contribution in [-0.2, 0) is 11.3 Å². The summed E-state index contributed by atoms with van der Waals surface area (Å²) in [4.78, 5) is 19.3. The third-order valence-electron chi connectivity index (χ3n) is 6.36. The van der Waals surface area contributed by atoms with Crippen LogP contribution in [0.25, 0.3) is 0 Å². The fourth-order valence-corrected chi connectivity index (χ4v) is 5.02. The molecule has 3 heterocycles. The normalized spacial score (nSPS) is 24.7. The predicted molar refractivity (Wildman–Crippen MR) is 118 cm³/mol. The molecule has 0 saturated carbocycles. The predicted octanol–water partition coefficient (Wildman–Crippen LogP) is 3.81. The summed E-state index contributed by atoms with van der Waals surface area (Å²) in [5.74, 6) is -0.809. The standard InChI is InChI=1S/C24H22ClFN4O2/c1-13-9-19(31)16(10-17(13)25)21-20-22(29-28-21)24(32)30(12-14-5-4-8-27-11-14)23(20)15-6-2-3-7-18(15)26/h2-11,20-23,28-29,31H,12H2,1H3.